The summed E-state index contributed by atoms with van der Waals surface area (Å²) in [6.45, 7) is 2.36. The number of anilines is 1. The molecule has 1 heterocycles. The van der Waals surface area contributed by atoms with Crippen molar-refractivity contribution in [2.45, 2.75) is 19.5 Å². The first kappa shape index (κ1) is 18.9. The summed E-state index contributed by atoms with van der Waals surface area (Å²) < 4.78 is 39.3. The molecule has 0 saturated carbocycles. The lowest BCUT2D eigenvalue weighted by atomic mass is 10.0. The normalized spacial score (nSPS) is 15.2. The van der Waals surface area contributed by atoms with Gasteiger partial charge in [-0.25, -0.2) is 0 Å². The molecule has 1 aliphatic heterocycles. The summed E-state index contributed by atoms with van der Waals surface area (Å²) in [7, 11) is 0. The highest BCUT2D eigenvalue weighted by Gasteiger charge is 2.34. The second kappa shape index (κ2) is 7.42. The van der Waals surface area contributed by atoms with Crippen molar-refractivity contribution in [2.24, 2.45) is 0 Å². The maximum Gasteiger partial charge on any atom is 0.416 e. The Morgan fingerprint density at radius 3 is 2.37 bits per heavy atom. The van der Waals surface area contributed by atoms with Gasteiger partial charge in [0, 0.05) is 18.8 Å². The monoisotopic (exact) mass is 376 g/mol. The summed E-state index contributed by atoms with van der Waals surface area (Å²) >= 11 is 0. The zero-order chi connectivity index (χ0) is 19.6. The number of halogens is 3. The molecule has 0 radical (unpaired) electrons. The van der Waals surface area contributed by atoms with Gasteiger partial charge in [-0.05, 0) is 30.2 Å². The molecule has 7 heteroatoms. The molecule has 1 aliphatic rings. The number of nitrogens with zero attached hydrogens (tertiary/aromatic N) is 2. The maximum atomic E-state index is 13.1. The van der Waals surface area contributed by atoms with Crippen molar-refractivity contribution in [3.8, 4) is 0 Å². The van der Waals surface area contributed by atoms with Gasteiger partial charge in [0.2, 0.25) is 11.8 Å². The lowest BCUT2D eigenvalue weighted by Gasteiger charge is -2.35. The van der Waals surface area contributed by atoms with E-state index in [0.29, 0.717) is 6.54 Å². The van der Waals surface area contributed by atoms with E-state index in [1.807, 2.05) is 31.2 Å². The van der Waals surface area contributed by atoms with Gasteiger partial charge in [-0.3, -0.25) is 9.59 Å². The molecule has 0 aromatic heterocycles. The smallest absolute Gasteiger partial charge is 0.331 e. The van der Waals surface area contributed by atoms with Gasteiger partial charge in [0.1, 0.15) is 6.54 Å². The van der Waals surface area contributed by atoms with Crippen molar-refractivity contribution in [2.75, 3.05) is 24.5 Å². The van der Waals surface area contributed by atoms with Crippen LogP contribution in [0.5, 0.6) is 0 Å². The first-order valence-electron chi connectivity index (χ1n) is 8.56. The standard InChI is InChI=1S/C20H19F3N2O2/c1-14-6-2-5-9-17(14)25-11-10-24(13-19(25)27)18(26)12-15-7-3-4-8-16(15)20(21,22)23/h2-9H,10-13H2,1H3. The minimum Gasteiger partial charge on any atom is -0.331 e. The van der Waals surface area contributed by atoms with Crippen LogP contribution in [-0.4, -0.2) is 36.3 Å². The van der Waals surface area contributed by atoms with Gasteiger partial charge < -0.3 is 9.80 Å². The number of amides is 2. The molecule has 1 saturated heterocycles. The molecule has 2 aromatic rings. The van der Waals surface area contributed by atoms with Gasteiger partial charge in [-0.1, -0.05) is 36.4 Å². The van der Waals surface area contributed by atoms with Crippen LogP contribution in [0, 0.1) is 6.92 Å². The van der Waals surface area contributed by atoms with E-state index < -0.39 is 17.6 Å². The second-order valence-corrected chi connectivity index (χ2v) is 6.48. The summed E-state index contributed by atoms with van der Waals surface area (Å²) in [5, 5.41) is 0. The van der Waals surface area contributed by atoms with Crippen LogP contribution in [0.3, 0.4) is 0 Å². The quantitative estimate of drug-likeness (QED) is 0.824. The molecule has 0 N–H and O–H groups in total. The fraction of sp³-hybridized carbons (Fsp3) is 0.300. The number of piperazine rings is 1. The summed E-state index contributed by atoms with van der Waals surface area (Å²) in [4.78, 5) is 27.9. The van der Waals surface area contributed by atoms with Gasteiger partial charge in [0.25, 0.3) is 0 Å². The first-order valence-corrected chi connectivity index (χ1v) is 8.56. The number of carbonyl (C=O) groups is 2. The third-order valence-corrected chi connectivity index (χ3v) is 4.64. The van der Waals surface area contributed by atoms with Gasteiger partial charge >= 0.3 is 6.18 Å². The van der Waals surface area contributed by atoms with Crippen LogP contribution in [0.1, 0.15) is 16.7 Å². The summed E-state index contributed by atoms with van der Waals surface area (Å²) in [6.07, 6.45) is -4.90. The molecule has 0 atom stereocenters. The minimum absolute atomic E-state index is 0.0798. The van der Waals surface area contributed by atoms with E-state index in [0.717, 1.165) is 17.3 Å². The minimum atomic E-state index is -4.52. The third kappa shape index (κ3) is 4.13. The summed E-state index contributed by atoms with van der Waals surface area (Å²) in [5.41, 5.74) is 0.841. The topological polar surface area (TPSA) is 40.6 Å². The van der Waals surface area contributed by atoms with Crippen molar-refractivity contribution in [1.29, 1.82) is 0 Å². The number of alkyl halides is 3. The zero-order valence-corrected chi connectivity index (χ0v) is 14.8. The highest BCUT2D eigenvalue weighted by atomic mass is 19.4. The number of hydrogen-bond donors (Lipinski definition) is 0. The number of carbonyl (C=O) groups excluding carboxylic acids is 2. The van der Waals surface area contributed by atoms with E-state index in [4.69, 9.17) is 0 Å². The van der Waals surface area contributed by atoms with Crippen molar-refractivity contribution in [1.82, 2.24) is 4.90 Å². The zero-order valence-electron chi connectivity index (χ0n) is 14.8. The van der Waals surface area contributed by atoms with E-state index in [1.54, 1.807) is 4.90 Å². The Labute approximate surface area is 155 Å². The number of hydrogen-bond acceptors (Lipinski definition) is 2. The number of aryl methyl sites for hydroxylation is 1. The Hall–Kier alpha value is -2.83. The van der Waals surface area contributed by atoms with Gasteiger partial charge in [-0.15, -0.1) is 0 Å². The first-order chi connectivity index (χ1) is 12.8. The number of rotatable bonds is 3. The molecule has 2 aromatic carbocycles. The molecule has 4 nitrogen and oxygen atoms in total. The number of benzene rings is 2. The SMILES string of the molecule is Cc1ccccc1N1CCN(C(=O)Cc2ccccc2C(F)(F)F)CC1=O. The molecular formula is C20H19F3N2O2. The average Bonchev–Trinajstić information content (AvgIpc) is 2.62. The molecule has 1 fully saturated rings. The van der Waals surface area contributed by atoms with E-state index in [-0.39, 0.29) is 31.0 Å². The lowest BCUT2D eigenvalue weighted by Crippen LogP contribution is -2.53. The Kier molecular flexibility index (Phi) is 5.21. The molecule has 0 unspecified atom stereocenters. The van der Waals surface area contributed by atoms with Crippen LogP contribution < -0.4 is 4.90 Å². The van der Waals surface area contributed by atoms with Crippen molar-refractivity contribution >= 4 is 17.5 Å². The van der Waals surface area contributed by atoms with Gasteiger partial charge in [0.05, 0.1) is 12.0 Å². The molecule has 142 valence electrons. The largest absolute Gasteiger partial charge is 0.416 e. The van der Waals surface area contributed by atoms with E-state index in [2.05, 4.69) is 0 Å². The molecule has 0 bridgehead atoms. The van der Waals surface area contributed by atoms with Gasteiger partial charge in [-0.2, -0.15) is 13.2 Å². The fourth-order valence-electron chi connectivity index (χ4n) is 3.23. The molecular weight excluding hydrogens is 357 g/mol. The summed E-state index contributed by atoms with van der Waals surface area (Å²) in [5.74, 6) is -0.725. The molecule has 2 amide bonds. The Morgan fingerprint density at radius 1 is 1.04 bits per heavy atom. The van der Waals surface area contributed by atoms with Crippen LogP contribution in [0.4, 0.5) is 18.9 Å². The van der Waals surface area contributed by atoms with Crippen LogP contribution in [0.25, 0.3) is 0 Å². The van der Waals surface area contributed by atoms with Crippen LogP contribution in [0.15, 0.2) is 48.5 Å². The van der Waals surface area contributed by atoms with Crippen molar-refractivity contribution in [3.05, 3.63) is 65.2 Å². The van der Waals surface area contributed by atoms with Crippen LogP contribution in [-0.2, 0) is 22.2 Å². The van der Waals surface area contributed by atoms with Crippen LogP contribution in [0.2, 0.25) is 0 Å². The predicted octanol–water partition coefficient (Wildman–Crippen LogP) is 3.43. The van der Waals surface area contributed by atoms with Gasteiger partial charge in [0.15, 0.2) is 0 Å². The molecule has 0 spiro atoms. The van der Waals surface area contributed by atoms with E-state index in [9.17, 15) is 22.8 Å². The fourth-order valence-corrected chi connectivity index (χ4v) is 3.23. The lowest BCUT2D eigenvalue weighted by molar-refractivity contribution is -0.139. The van der Waals surface area contributed by atoms with E-state index in [1.165, 1.54) is 23.1 Å². The third-order valence-electron chi connectivity index (χ3n) is 4.64. The Balaban J connectivity index is 1.71. The second-order valence-electron chi connectivity index (χ2n) is 6.48. The maximum absolute atomic E-state index is 13.1. The highest BCUT2D eigenvalue weighted by molar-refractivity contribution is 5.98. The van der Waals surface area contributed by atoms with Crippen LogP contribution >= 0.6 is 0 Å². The summed E-state index contributed by atoms with van der Waals surface area (Å²) in [6, 6.07) is 12.5. The molecule has 3 rings (SSSR count). The highest BCUT2D eigenvalue weighted by Crippen LogP contribution is 2.32. The number of para-hydroxylation sites is 1. The van der Waals surface area contributed by atoms with Crippen molar-refractivity contribution < 1.29 is 22.8 Å². The average molecular weight is 376 g/mol. The van der Waals surface area contributed by atoms with E-state index >= 15 is 0 Å². The van der Waals surface area contributed by atoms with Crippen molar-refractivity contribution in [3.63, 3.8) is 0 Å². The molecule has 0 aliphatic carbocycles. The Morgan fingerprint density at radius 2 is 1.70 bits per heavy atom. The Bertz CT molecular complexity index is 864. The molecule has 27 heavy (non-hydrogen) atoms. The predicted molar refractivity (Wildman–Crippen MR) is 95.3 cm³/mol.